The summed E-state index contributed by atoms with van der Waals surface area (Å²) in [5, 5.41) is 5.44. The Labute approximate surface area is 176 Å². The number of rotatable bonds is 6. The maximum atomic E-state index is 11.9. The first-order chi connectivity index (χ1) is 14.2. The van der Waals surface area contributed by atoms with Gasteiger partial charge in [-0.1, -0.05) is 12.1 Å². The van der Waals surface area contributed by atoms with Crippen LogP contribution in [0.3, 0.4) is 0 Å². The van der Waals surface area contributed by atoms with Crippen LogP contribution in [-0.2, 0) is 20.3 Å². The van der Waals surface area contributed by atoms with Gasteiger partial charge in [-0.3, -0.25) is 0 Å². The molecule has 1 atom stereocenters. The number of carbonyl (C=O) groups is 1. The quantitative estimate of drug-likeness (QED) is 0.717. The van der Waals surface area contributed by atoms with E-state index in [1.165, 1.54) is 6.26 Å². The van der Waals surface area contributed by atoms with Crippen LogP contribution in [0.2, 0.25) is 0 Å². The Balaban J connectivity index is 1.99. The van der Waals surface area contributed by atoms with Crippen LogP contribution < -0.4 is 15.5 Å². The highest BCUT2D eigenvalue weighted by Crippen LogP contribution is 2.25. The van der Waals surface area contributed by atoms with Crippen LogP contribution in [0.1, 0.15) is 19.5 Å². The minimum Gasteiger partial charge on any atom is -0.377 e. The van der Waals surface area contributed by atoms with E-state index in [9.17, 15) is 13.2 Å². The highest BCUT2D eigenvalue weighted by molar-refractivity contribution is 7.89. The van der Waals surface area contributed by atoms with E-state index in [1.807, 2.05) is 19.9 Å². The second kappa shape index (κ2) is 9.40. The number of hydrogen-bond donors (Lipinski definition) is 2. The summed E-state index contributed by atoms with van der Waals surface area (Å²) in [6.07, 6.45) is 1.18. The summed E-state index contributed by atoms with van der Waals surface area (Å²) in [6, 6.07) is 8.69. The molecule has 162 valence electrons. The number of sulfone groups is 1. The van der Waals surface area contributed by atoms with Crippen molar-refractivity contribution in [2.24, 2.45) is 0 Å². The van der Waals surface area contributed by atoms with Gasteiger partial charge in [0.2, 0.25) is 0 Å². The van der Waals surface area contributed by atoms with Crippen molar-refractivity contribution in [3.63, 3.8) is 0 Å². The van der Waals surface area contributed by atoms with E-state index in [1.54, 1.807) is 24.3 Å². The standard InChI is InChI=1S/C20H27N5O4S/c1-4-21-20(26)23-16-7-5-6-15(10-16)19-22-17(13-30(3,27)28)11-18(24-19)25-8-9-29-12-14(25)2/h5-7,10-11,14H,4,8-9,12-13H2,1-3H3,(H2,21,23,26)/t14-/m0/s1. The molecule has 1 aliphatic heterocycles. The number of nitrogens with zero attached hydrogens (tertiary/aromatic N) is 3. The van der Waals surface area contributed by atoms with Crippen molar-refractivity contribution < 1.29 is 17.9 Å². The molecule has 0 bridgehead atoms. The van der Waals surface area contributed by atoms with Gasteiger partial charge in [0.25, 0.3) is 0 Å². The molecule has 1 aromatic carbocycles. The molecule has 30 heavy (non-hydrogen) atoms. The first kappa shape index (κ1) is 22.0. The molecule has 2 heterocycles. The zero-order chi connectivity index (χ0) is 21.7. The van der Waals surface area contributed by atoms with Gasteiger partial charge in [-0.2, -0.15) is 0 Å². The van der Waals surface area contributed by atoms with E-state index in [0.717, 1.165) is 0 Å². The van der Waals surface area contributed by atoms with Crippen molar-refractivity contribution in [2.75, 3.05) is 42.8 Å². The molecule has 0 saturated carbocycles. The average molecular weight is 434 g/mol. The van der Waals surface area contributed by atoms with E-state index < -0.39 is 9.84 Å². The summed E-state index contributed by atoms with van der Waals surface area (Å²) in [5.74, 6) is 0.895. The highest BCUT2D eigenvalue weighted by Gasteiger charge is 2.22. The van der Waals surface area contributed by atoms with Gasteiger partial charge in [0.05, 0.1) is 30.7 Å². The zero-order valence-corrected chi connectivity index (χ0v) is 18.2. The number of hydrogen-bond acceptors (Lipinski definition) is 7. The summed E-state index contributed by atoms with van der Waals surface area (Å²) in [4.78, 5) is 23.1. The Morgan fingerprint density at radius 2 is 2.10 bits per heavy atom. The molecule has 0 aliphatic carbocycles. The number of nitrogens with one attached hydrogen (secondary N) is 2. The molecule has 1 aromatic heterocycles. The molecule has 1 saturated heterocycles. The number of morpholine rings is 1. The van der Waals surface area contributed by atoms with Crippen LogP contribution in [0, 0.1) is 0 Å². The lowest BCUT2D eigenvalue weighted by atomic mass is 10.1. The Hall–Kier alpha value is -2.72. The number of benzene rings is 1. The summed E-state index contributed by atoms with van der Waals surface area (Å²) in [5.41, 5.74) is 1.71. The van der Waals surface area contributed by atoms with E-state index in [-0.39, 0.29) is 17.8 Å². The van der Waals surface area contributed by atoms with Gasteiger partial charge in [0.15, 0.2) is 15.7 Å². The molecular weight excluding hydrogens is 406 g/mol. The van der Waals surface area contributed by atoms with Crippen LogP contribution in [0.5, 0.6) is 0 Å². The van der Waals surface area contributed by atoms with Crippen LogP contribution in [0.15, 0.2) is 30.3 Å². The number of urea groups is 1. The van der Waals surface area contributed by atoms with Crippen LogP contribution in [-0.4, -0.2) is 63.0 Å². The lowest BCUT2D eigenvalue weighted by Crippen LogP contribution is -2.44. The van der Waals surface area contributed by atoms with Crippen molar-refractivity contribution >= 4 is 27.4 Å². The first-order valence-electron chi connectivity index (χ1n) is 9.80. The molecular formula is C20H27N5O4S. The lowest BCUT2D eigenvalue weighted by Gasteiger charge is -2.34. The van der Waals surface area contributed by atoms with Gasteiger partial charge in [-0.25, -0.2) is 23.2 Å². The molecule has 1 aliphatic rings. The molecule has 0 spiro atoms. The minimum atomic E-state index is -3.27. The predicted octanol–water partition coefficient (Wildman–Crippen LogP) is 2.05. The average Bonchev–Trinajstić information content (AvgIpc) is 2.67. The Morgan fingerprint density at radius 1 is 1.30 bits per heavy atom. The third kappa shape index (κ3) is 5.90. The minimum absolute atomic E-state index is 0.110. The molecule has 0 radical (unpaired) electrons. The van der Waals surface area contributed by atoms with Gasteiger partial charge >= 0.3 is 6.03 Å². The van der Waals surface area contributed by atoms with Crippen molar-refractivity contribution in [1.82, 2.24) is 15.3 Å². The largest absolute Gasteiger partial charge is 0.377 e. The SMILES string of the molecule is CCNC(=O)Nc1cccc(-c2nc(CS(C)(=O)=O)cc(N3CCOC[C@@H]3C)n2)c1. The summed E-state index contributed by atoms with van der Waals surface area (Å²) in [7, 11) is -3.27. The molecule has 2 N–H and O–H groups in total. The second-order valence-corrected chi connectivity index (χ2v) is 9.43. The third-order valence-electron chi connectivity index (χ3n) is 4.55. The number of amides is 2. The fourth-order valence-corrected chi connectivity index (χ4v) is 3.93. The third-order valence-corrected chi connectivity index (χ3v) is 5.37. The van der Waals surface area contributed by atoms with Crippen LogP contribution in [0.4, 0.5) is 16.3 Å². The van der Waals surface area contributed by atoms with E-state index >= 15 is 0 Å². The van der Waals surface area contributed by atoms with Crippen molar-refractivity contribution in [2.45, 2.75) is 25.6 Å². The lowest BCUT2D eigenvalue weighted by molar-refractivity contribution is 0.0985. The predicted molar refractivity (Wildman–Crippen MR) is 116 cm³/mol. The van der Waals surface area contributed by atoms with Crippen molar-refractivity contribution in [3.05, 3.63) is 36.0 Å². The maximum absolute atomic E-state index is 11.9. The molecule has 10 heteroatoms. The molecule has 9 nitrogen and oxygen atoms in total. The van der Waals surface area contributed by atoms with Crippen LogP contribution >= 0.6 is 0 Å². The van der Waals surface area contributed by atoms with Crippen LogP contribution in [0.25, 0.3) is 11.4 Å². The highest BCUT2D eigenvalue weighted by atomic mass is 32.2. The van der Waals surface area contributed by atoms with Gasteiger partial charge < -0.3 is 20.3 Å². The fraction of sp³-hybridized carbons (Fsp3) is 0.450. The van der Waals surface area contributed by atoms with Gasteiger partial charge in [0, 0.05) is 36.7 Å². The fourth-order valence-electron chi connectivity index (χ4n) is 3.24. The Bertz CT molecular complexity index is 1010. The maximum Gasteiger partial charge on any atom is 0.319 e. The zero-order valence-electron chi connectivity index (χ0n) is 17.4. The van der Waals surface area contributed by atoms with Gasteiger partial charge in [-0.15, -0.1) is 0 Å². The van der Waals surface area contributed by atoms with E-state index in [4.69, 9.17) is 9.72 Å². The van der Waals surface area contributed by atoms with Crippen molar-refractivity contribution in [3.8, 4) is 11.4 Å². The number of carbonyl (C=O) groups excluding carboxylic acids is 1. The summed E-state index contributed by atoms with van der Waals surface area (Å²) < 4.78 is 29.3. The monoisotopic (exact) mass is 433 g/mol. The normalized spacial score (nSPS) is 16.9. The Kier molecular flexibility index (Phi) is 6.88. The topological polar surface area (TPSA) is 114 Å². The van der Waals surface area contributed by atoms with Gasteiger partial charge in [-0.05, 0) is 26.0 Å². The van der Waals surface area contributed by atoms with Crippen molar-refractivity contribution in [1.29, 1.82) is 0 Å². The number of anilines is 2. The number of aromatic nitrogens is 2. The molecule has 2 aromatic rings. The number of ether oxygens (including phenoxy) is 1. The molecule has 1 fully saturated rings. The smallest absolute Gasteiger partial charge is 0.319 e. The van der Waals surface area contributed by atoms with Gasteiger partial charge in [0.1, 0.15) is 5.82 Å². The molecule has 2 amide bonds. The summed E-state index contributed by atoms with van der Waals surface area (Å²) in [6.45, 7) is 6.21. The Morgan fingerprint density at radius 3 is 2.80 bits per heavy atom. The summed E-state index contributed by atoms with van der Waals surface area (Å²) >= 11 is 0. The molecule has 3 rings (SSSR count). The second-order valence-electron chi connectivity index (χ2n) is 7.29. The van der Waals surface area contributed by atoms with E-state index in [0.29, 0.717) is 54.9 Å². The molecule has 0 unspecified atom stereocenters. The first-order valence-corrected chi connectivity index (χ1v) is 11.9. The van der Waals surface area contributed by atoms with E-state index in [2.05, 4.69) is 20.5 Å².